The van der Waals surface area contributed by atoms with E-state index in [1.54, 1.807) is 13.0 Å². The van der Waals surface area contributed by atoms with E-state index < -0.39 is 6.10 Å². The van der Waals surface area contributed by atoms with Gasteiger partial charge in [-0.15, -0.1) is 0 Å². The molecule has 5 nitrogen and oxygen atoms in total. The zero-order valence-corrected chi connectivity index (χ0v) is 12.7. The molecule has 20 heavy (non-hydrogen) atoms. The van der Waals surface area contributed by atoms with Crippen molar-refractivity contribution < 1.29 is 14.3 Å². The Morgan fingerprint density at radius 1 is 1.35 bits per heavy atom. The van der Waals surface area contributed by atoms with Crippen LogP contribution in [0.4, 0.5) is 11.4 Å². The molecule has 0 saturated heterocycles. The zero-order chi connectivity index (χ0) is 15.1. The van der Waals surface area contributed by atoms with Crippen LogP contribution in [0.3, 0.4) is 0 Å². The molecular weight excluding hydrogens is 256 g/mol. The molecule has 0 bridgehead atoms. The van der Waals surface area contributed by atoms with Crippen molar-refractivity contribution in [2.24, 2.45) is 0 Å². The summed E-state index contributed by atoms with van der Waals surface area (Å²) in [5.74, 6) is 0.173. The maximum absolute atomic E-state index is 11.9. The first kappa shape index (κ1) is 16.1. The number of ether oxygens (including phenoxy) is 2. The third kappa shape index (κ3) is 4.33. The Morgan fingerprint density at radius 3 is 2.60 bits per heavy atom. The van der Waals surface area contributed by atoms with Crippen LogP contribution in [-0.2, 0) is 9.53 Å². The molecule has 0 fully saturated rings. The largest absolute Gasteiger partial charge is 0.476 e. The number of rotatable bonds is 7. The van der Waals surface area contributed by atoms with E-state index in [1.807, 2.05) is 38.1 Å². The quantitative estimate of drug-likeness (QED) is 0.614. The van der Waals surface area contributed by atoms with Gasteiger partial charge in [0.25, 0.3) is 0 Å². The first-order valence-corrected chi connectivity index (χ1v) is 6.89. The van der Waals surface area contributed by atoms with E-state index in [0.717, 1.165) is 12.1 Å². The van der Waals surface area contributed by atoms with Crippen LogP contribution >= 0.6 is 0 Å². The summed E-state index contributed by atoms with van der Waals surface area (Å²) in [5.41, 5.74) is 7.39. The Kier molecular flexibility index (Phi) is 6.15. The lowest BCUT2D eigenvalue weighted by atomic mass is 10.2. The summed E-state index contributed by atoms with van der Waals surface area (Å²) in [6.45, 7) is 4.12. The van der Waals surface area contributed by atoms with Gasteiger partial charge in [0, 0.05) is 25.8 Å². The average Bonchev–Trinajstić information content (AvgIpc) is 2.40. The summed E-state index contributed by atoms with van der Waals surface area (Å²) in [4.78, 5) is 13.8. The van der Waals surface area contributed by atoms with Crippen molar-refractivity contribution in [1.29, 1.82) is 0 Å². The van der Waals surface area contributed by atoms with Crippen LogP contribution in [-0.4, -0.2) is 32.8 Å². The molecule has 0 aliphatic carbocycles. The average molecular weight is 280 g/mol. The highest BCUT2D eigenvalue weighted by atomic mass is 16.6. The molecule has 2 N–H and O–H groups in total. The maximum Gasteiger partial charge on any atom is 0.347 e. The predicted molar refractivity (Wildman–Crippen MR) is 81.1 cm³/mol. The number of hydrogen-bond acceptors (Lipinski definition) is 5. The van der Waals surface area contributed by atoms with Gasteiger partial charge in [0.05, 0.1) is 12.3 Å². The molecule has 0 spiro atoms. The van der Waals surface area contributed by atoms with Crippen molar-refractivity contribution in [3.63, 3.8) is 0 Å². The van der Waals surface area contributed by atoms with Crippen LogP contribution in [0.15, 0.2) is 18.2 Å². The minimum atomic E-state index is -0.611. The molecule has 1 atom stereocenters. The van der Waals surface area contributed by atoms with Crippen molar-refractivity contribution >= 4 is 17.3 Å². The van der Waals surface area contributed by atoms with Gasteiger partial charge in [-0.3, -0.25) is 0 Å². The van der Waals surface area contributed by atoms with E-state index in [2.05, 4.69) is 0 Å². The van der Waals surface area contributed by atoms with Crippen LogP contribution in [0.5, 0.6) is 5.75 Å². The van der Waals surface area contributed by atoms with Crippen molar-refractivity contribution in [3.05, 3.63) is 18.2 Å². The first-order valence-electron chi connectivity index (χ1n) is 6.89. The second kappa shape index (κ2) is 7.62. The van der Waals surface area contributed by atoms with Gasteiger partial charge in [-0.25, -0.2) is 4.79 Å². The third-order valence-corrected chi connectivity index (χ3v) is 2.88. The van der Waals surface area contributed by atoms with Gasteiger partial charge in [0.15, 0.2) is 6.10 Å². The molecule has 0 saturated carbocycles. The monoisotopic (exact) mass is 280 g/mol. The molecule has 0 aromatic heterocycles. The summed E-state index contributed by atoms with van der Waals surface area (Å²) in [5, 5.41) is 0. The topological polar surface area (TPSA) is 64.8 Å². The minimum Gasteiger partial charge on any atom is -0.476 e. The van der Waals surface area contributed by atoms with E-state index in [1.165, 1.54) is 0 Å². The molecule has 0 aliphatic heterocycles. The number of benzene rings is 1. The number of anilines is 2. The van der Waals surface area contributed by atoms with Gasteiger partial charge < -0.3 is 20.1 Å². The smallest absolute Gasteiger partial charge is 0.347 e. The molecule has 1 aromatic carbocycles. The lowest BCUT2D eigenvalue weighted by Crippen LogP contribution is -2.29. The second-order valence-electron chi connectivity index (χ2n) is 4.76. The molecular formula is C15H24N2O3. The van der Waals surface area contributed by atoms with Crippen molar-refractivity contribution in [3.8, 4) is 5.75 Å². The number of nitrogens with zero attached hydrogens (tertiary/aromatic N) is 1. The standard InChI is InChI=1S/C15H24N2O3/c1-5-7-13(15(18)19-6-2)20-14-10-11(17(3)4)8-9-12(14)16/h8-10,13H,5-7,16H2,1-4H3. The van der Waals surface area contributed by atoms with E-state index in [9.17, 15) is 4.79 Å². The van der Waals surface area contributed by atoms with E-state index in [-0.39, 0.29) is 5.97 Å². The SMILES string of the molecule is CCCC(Oc1cc(N(C)C)ccc1N)C(=O)OCC. The van der Waals surface area contributed by atoms with Gasteiger partial charge in [-0.05, 0) is 25.5 Å². The minimum absolute atomic E-state index is 0.343. The van der Waals surface area contributed by atoms with E-state index in [4.69, 9.17) is 15.2 Å². The zero-order valence-electron chi connectivity index (χ0n) is 12.7. The molecule has 0 amide bonds. The molecule has 0 aliphatic rings. The number of carbonyl (C=O) groups excluding carboxylic acids is 1. The van der Waals surface area contributed by atoms with E-state index >= 15 is 0 Å². The van der Waals surface area contributed by atoms with Gasteiger partial charge in [0.1, 0.15) is 5.75 Å². The van der Waals surface area contributed by atoms with E-state index in [0.29, 0.717) is 24.5 Å². The lowest BCUT2D eigenvalue weighted by molar-refractivity contribution is -0.151. The molecule has 112 valence electrons. The number of nitrogen functional groups attached to an aromatic ring is 1. The molecule has 5 heteroatoms. The lowest BCUT2D eigenvalue weighted by Gasteiger charge is -2.20. The van der Waals surface area contributed by atoms with Crippen LogP contribution in [0.25, 0.3) is 0 Å². The summed E-state index contributed by atoms with van der Waals surface area (Å²) in [6, 6.07) is 5.51. The molecule has 1 aromatic rings. The fourth-order valence-electron chi connectivity index (χ4n) is 1.78. The van der Waals surface area contributed by atoms with Crippen LogP contribution in [0, 0.1) is 0 Å². The summed E-state index contributed by atoms with van der Waals surface area (Å²) < 4.78 is 10.8. The summed E-state index contributed by atoms with van der Waals surface area (Å²) >= 11 is 0. The van der Waals surface area contributed by atoms with Gasteiger partial charge >= 0.3 is 5.97 Å². The summed E-state index contributed by atoms with van der Waals surface area (Å²) in [6.07, 6.45) is 0.820. The summed E-state index contributed by atoms with van der Waals surface area (Å²) in [7, 11) is 3.87. The number of esters is 1. The van der Waals surface area contributed by atoms with Gasteiger partial charge in [-0.1, -0.05) is 13.3 Å². The Labute approximate surface area is 120 Å². The molecule has 1 rings (SSSR count). The molecule has 0 radical (unpaired) electrons. The fourth-order valence-corrected chi connectivity index (χ4v) is 1.78. The highest BCUT2D eigenvalue weighted by molar-refractivity contribution is 5.75. The fraction of sp³-hybridized carbons (Fsp3) is 0.533. The Hall–Kier alpha value is -1.91. The van der Waals surface area contributed by atoms with Crippen molar-refractivity contribution in [2.75, 3.05) is 31.3 Å². The Balaban J connectivity index is 2.92. The highest BCUT2D eigenvalue weighted by Gasteiger charge is 2.22. The highest BCUT2D eigenvalue weighted by Crippen LogP contribution is 2.28. The normalized spacial score (nSPS) is 11.8. The third-order valence-electron chi connectivity index (χ3n) is 2.88. The van der Waals surface area contributed by atoms with Gasteiger partial charge in [0.2, 0.25) is 0 Å². The van der Waals surface area contributed by atoms with Crippen LogP contribution < -0.4 is 15.4 Å². The maximum atomic E-state index is 11.9. The predicted octanol–water partition coefficient (Wildman–Crippen LogP) is 2.45. The molecule has 0 heterocycles. The van der Waals surface area contributed by atoms with Crippen LogP contribution in [0.2, 0.25) is 0 Å². The Morgan fingerprint density at radius 2 is 2.05 bits per heavy atom. The van der Waals surface area contributed by atoms with Crippen LogP contribution in [0.1, 0.15) is 26.7 Å². The number of carbonyl (C=O) groups is 1. The Bertz CT molecular complexity index is 447. The molecule has 1 unspecified atom stereocenters. The first-order chi connectivity index (χ1) is 9.49. The second-order valence-corrected chi connectivity index (χ2v) is 4.76. The van der Waals surface area contributed by atoms with Crippen molar-refractivity contribution in [1.82, 2.24) is 0 Å². The van der Waals surface area contributed by atoms with Gasteiger partial charge in [-0.2, -0.15) is 0 Å². The van der Waals surface area contributed by atoms with Crippen molar-refractivity contribution in [2.45, 2.75) is 32.8 Å². The number of hydrogen-bond donors (Lipinski definition) is 1. The number of nitrogens with two attached hydrogens (primary N) is 1.